The first-order valence-electron chi connectivity index (χ1n) is 7.74. The average molecular weight is 366 g/mol. The molecule has 0 aliphatic carbocycles. The molecule has 4 nitrogen and oxygen atoms in total. The van der Waals surface area contributed by atoms with E-state index in [2.05, 4.69) is 9.97 Å². The summed E-state index contributed by atoms with van der Waals surface area (Å²) in [5, 5.41) is 3.68. The third kappa shape index (κ3) is 3.31. The number of aromatic nitrogens is 2. The number of thiazole rings is 2. The van der Waals surface area contributed by atoms with Gasteiger partial charge in [0.1, 0.15) is 11.6 Å². The first-order valence-corrected chi connectivity index (χ1v) is 9.43. The number of nitrogens with zero attached hydrogens (tertiary/aromatic N) is 2. The Balaban J connectivity index is 1.63. The largest absolute Gasteiger partial charge is 0.456 e. The van der Waals surface area contributed by atoms with Gasteiger partial charge in [-0.2, -0.15) is 0 Å². The Labute approximate surface area is 152 Å². The summed E-state index contributed by atoms with van der Waals surface area (Å²) in [6.45, 7) is 2.11. The third-order valence-corrected chi connectivity index (χ3v) is 5.58. The molecule has 2 aromatic heterocycles. The van der Waals surface area contributed by atoms with E-state index in [0.29, 0.717) is 5.56 Å². The summed E-state index contributed by atoms with van der Waals surface area (Å²) in [4.78, 5) is 21.5. The fourth-order valence-corrected chi connectivity index (χ4v) is 4.13. The fourth-order valence-electron chi connectivity index (χ4n) is 2.53. The van der Waals surface area contributed by atoms with Crippen LogP contribution in [0.5, 0.6) is 0 Å². The molecular weight excluding hydrogens is 352 g/mol. The van der Waals surface area contributed by atoms with Crippen molar-refractivity contribution < 1.29 is 9.53 Å². The van der Waals surface area contributed by atoms with Gasteiger partial charge in [0.2, 0.25) is 0 Å². The zero-order valence-corrected chi connectivity index (χ0v) is 15.1. The molecule has 4 rings (SSSR count). The number of rotatable bonds is 4. The van der Waals surface area contributed by atoms with E-state index in [0.717, 1.165) is 31.5 Å². The van der Waals surface area contributed by atoms with E-state index < -0.39 is 0 Å². The van der Waals surface area contributed by atoms with Gasteiger partial charge in [-0.3, -0.25) is 0 Å². The molecule has 124 valence electrons. The lowest BCUT2D eigenvalue weighted by Gasteiger charge is -2.07. The monoisotopic (exact) mass is 366 g/mol. The van der Waals surface area contributed by atoms with Gasteiger partial charge in [-0.15, -0.1) is 22.7 Å². The quantitative estimate of drug-likeness (QED) is 0.472. The number of aryl methyl sites for hydroxylation is 1. The van der Waals surface area contributed by atoms with Crippen molar-refractivity contribution in [2.45, 2.75) is 13.5 Å². The fraction of sp³-hybridized carbons (Fsp3) is 0.105. The molecule has 0 radical (unpaired) electrons. The molecule has 0 aliphatic heterocycles. The molecule has 0 aliphatic rings. The van der Waals surface area contributed by atoms with Crippen molar-refractivity contribution in [1.82, 2.24) is 9.97 Å². The molecule has 2 heterocycles. The van der Waals surface area contributed by atoms with Crippen molar-refractivity contribution in [3.05, 3.63) is 70.2 Å². The Morgan fingerprint density at radius 3 is 2.68 bits per heavy atom. The topological polar surface area (TPSA) is 52.1 Å². The summed E-state index contributed by atoms with van der Waals surface area (Å²) >= 11 is 3.11. The molecule has 25 heavy (non-hydrogen) atoms. The van der Waals surface area contributed by atoms with Crippen molar-refractivity contribution >= 4 is 38.9 Å². The van der Waals surface area contributed by atoms with E-state index >= 15 is 0 Å². The second-order valence-electron chi connectivity index (χ2n) is 5.47. The van der Waals surface area contributed by atoms with Gasteiger partial charge in [-0.05, 0) is 25.1 Å². The number of hydrogen-bond donors (Lipinski definition) is 0. The summed E-state index contributed by atoms with van der Waals surface area (Å²) in [6, 6.07) is 15.4. The molecular formula is C19H14N2O2S2. The highest BCUT2D eigenvalue weighted by molar-refractivity contribution is 7.21. The molecule has 0 spiro atoms. The first kappa shape index (κ1) is 15.9. The standard InChI is InChI=1S/C19H14N2O2S2/c1-12-20-13(11-24-12)10-23-19(22)15-7-3-2-6-14(15)18-21-16-8-4-5-9-17(16)25-18/h2-9,11H,10H2,1H3. The van der Waals surface area contributed by atoms with Crippen LogP contribution < -0.4 is 0 Å². The van der Waals surface area contributed by atoms with Crippen LogP contribution in [0.15, 0.2) is 53.9 Å². The summed E-state index contributed by atoms with van der Waals surface area (Å²) in [5.74, 6) is -0.361. The molecule has 2 aromatic carbocycles. The van der Waals surface area contributed by atoms with Crippen molar-refractivity contribution in [3.63, 3.8) is 0 Å². The van der Waals surface area contributed by atoms with Gasteiger partial charge in [0.25, 0.3) is 0 Å². The van der Waals surface area contributed by atoms with Crippen LogP contribution in [0, 0.1) is 6.92 Å². The number of hydrogen-bond acceptors (Lipinski definition) is 6. The number of fused-ring (bicyclic) bond motifs is 1. The SMILES string of the molecule is Cc1nc(COC(=O)c2ccccc2-c2nc3ccccc3s2)cs1. The van der Waals surface area contributed by atoms with E-state index in [4.69, 9.17) is 4.74 Å². The van der Waals surface area contributed by atoms with Crippen molar-refractivity contribution in [2.75, 3.05) is 0 Å². The number of ether oxygens (including phenoxy) is 1. The predicted molar refractivity (Wildman–Crippen MR) is 101 cm³/mol. The summed E-state index contributed by atoms with van der Waals surface area (Å²) < 4.78 is 6.54. The van der Waals surface area contributed by atoms with Crippen LogP contribution in [0.4, 0.5) is 0 Å². The van der Waals surface area contributed by atoms with E-state index in [1.165, 1.54) is 0 Å². The minimum absolute atomic E-state index is 0.178. The Kier molecular flexibility index (Phi) is 4.29. The second kappa shape index (κ2) is 6.74. The highest BCUT2D eigenvalue weighted by Gasteiger charge is 2.17. The smallest absolute Gasteiger partial charge is 0.339 e. The number of carbonyl (C=O) groups is 1. The van der Waals surface area contributed by atoms with Gasteiger partial charge in [-0.1, -0.05) is 30.3 Å². The highest BCUT2D eigenvalue weighted by Crippen LogP contribution is 2.32. The van der Waals surface area contributed by atoms with Crippen molar-refractivity contribution in [1.29, 1.82) is 0 Å². The predicted octanol–water partition coefficient (Wildman–Crippen LogP) is 5.09. The van der Waals surface area contributed by atoms with E-state index in [-0.39, 0.29) is 12.6 Å². The van der Waals surface area contributed by atoms with Crippen molar-refractivity contribution in [2.24, 2.45) is 0 Å². The molecule has 0 saturated heterocycles. The Morgan fingerprint density at radius 1 is 1.08 bits per heavy atom. The maximum absolute atomic E-state index is 12.6. The lowest BCUT2D eigenvalue weighted by atomic mass is 10.1. The van der Waals surface area contributed by atoms with Crippen LogP contribution in [0.2, 0.25) is 0 Å². The molecule has 4 aromatic rings. The molecule has 0 amide bonds. The number of esters is 1. The van der Waals surface area contributed by atoms with Crippen LogP contribution >= 0.6 is 22.7 Å². The molecule has 0 fully saturated rings. The van der Waals surface area contributed by atoms with E-state index in [1.54, 1.807) is 28.7 Å². The van der Waals surface area contributed by atoms with Gasteiger partial charge in [0, 0.05) is 10.9 Å². The number of para-hydroxylation sites is 1. The molecule has 0 atom stereocenters. The Bertz CT molecular complexity index is 1020. The van der Waals surface area contributed by atoms with Crippen LogP contribution in [0.25, 0.3) is 20.8 Å². The first-order chi connectivity index (χ1) is 12.2. The zero-order chi connectivity index (χ0) is 17.2. The minimum Gasteiger partial charge on any atom is -0.456 e. The third-order valence-electron chi connectivity index (χ3n) is 3.69. The molecule has 0 unspecified atom stereocenters. The van der Waals surface area contributed by atoms with E-state index in [1.807, 2.05) is 54.8 Å². The zero-order valence-electron chi connectivity index (χ0n) is 13.4. The maximum Gasteiger partial charge on any atom is 0.339 e. The number of carbonyl (C=O) groups excluding carboxylic acids is 1. The Morgan fingerprint density at radius 2 is 1.88 bits per heavy atom. The lowest BCUT2D eigenvalue weighted by molar-refractivity contribution is 0.0469. The highest BCUT2D eigenvalue weighted by atomic mass is 32.1. The molecule has 0 saturated carbocycles. The van der Waals surface area contributed by atoms with Gasteiger partial charge < -0.3 is 4.74 Å². The van der Waals surface area contributed by atoms with Crippen LogP contribution in [0.3, 0.4) is 0 Å². The van der Waals surface area contributed by atoms with Crippen LogP contribution in [-0.2, 0) is 11.3 Å². The number of benzene rings is 2. The van der Waals surface area contributed by atoms with Gasteiger partial charge in [-0.25, -0.2) is 14.8 Å². The Hall–Kier alpha value is -2.57. The molecule has 6 heteroatoms. The molecule has 0 N–H and O–H groups in total. The maximum atomic E-state index is 12.6. The van der Waals surface area contributed by atoms with Crippen LogP contribution in [-0.4, -0.2) is 15.9 Å². The minimum atomic E-state index is -0.361. The van der Waals surface area contributed by atoms with Crippen LogP contribution in [0.1, 0.15) is 21.1 Å². The summed E-state index contributed by atoms with van der Waals surface area (Å²) in [6.07, 6.45) is 0. The summed E-state index contributed by atoms with van der Waals surface area (Å²) in [7, 11) is 0. The lowest BCUT2D eigenvalue weighted by Crippen LogP contribution is -2.07. The van der Waals surface area contributed by atoms with Gasteiger partial charge >= 0.3 is 5.97 Å². The van der Waals surface area contributed by atoms with Gasteiger partial charge in [0.05, 0.1) is 26.5 Å². The van der Waals surface area contributed by atoms with Gasteiger partial charge in [0.15, 0.2) is 0 Å². The second-order valence-corrected chi connectivity index (χ2v) is 7.56. The molecule has 0 bridgehead atoms. The normalized spacial score (nSPS) is 10.9. The van der Waals surface area contributed by atoms with E-state index in [9.17, 15) is 4.79 Å². The van der Waals surface area contributed by atoms with Crippen molar-refractivity contribution in [3.8, 4) is 10.6 Å². The average Bonchev–Trinajstić information content (AvgIpc) is 3.25. The summed E-state index contributed by atoms with van der Waals surface area (Å²) in [5.41, 5.74) is 3.02.